The zero-order valence-corrected chi connectivity index (χ0v) is 12.6. The molecule has 0 radical (unpaired) electrons. The van der Waals surface area contributed by atoms with Gasteiger partial charge in [-0.3, -0.25) is 14.4 Å². The van der Waals surface area contributed by atoms with E-state index in [9.17, 15) is 9.59 Å². The van der Waals surface area contributed by atoms with Crippen molar-refractivity contribution in [1.82, 2.24) is 9.82 Å². The smallest absolute Gasteiger partial charge is 0.234 e. The number of halogens is 2. The van der Waals surface area contributed by atoms with Gasteiger partial charge in [0.15, 0.2) is 5.78 Å². The van der Waals surface area contributed by atoms with Crippen molar-refractivity contribution in [2.45, 2.75) is 33.6 Å². The molecule has 0 aliphatic rings. The minimum absolute atomic E-state index is 0.0462. The summed E-state index contributed by atoms with van der Waals surface area (Å²) in [5, 5.41) is 0.270. The Hall–Kier alpha value is -1.13. The third-order valence-electron chi connectivity index (χ3n) is 2.78. The monoisotopic (exact) mass is 302 g/mol. The molecule has 0 saturated carbocycles. The van der Waals surface area contributed by atoms with E-state index in [1.807, 2.05) is 25.6 Å². The highest BCUT2D eigenvalue weighted by molar-refractivity contribution is 6.30. The summed E-state index contributed by atoms with van der Waals surface area (Å²) in [7, 11) is 0. The molecule has 0 spiro atoms. The van der Waals surface area contributed by atoms with Crippen molar-refractivity contribution in [3.8, 4) is 0 Å². The second-order valence-electron chi connectivity index (χ2n) is 4.63. The van der Waals surface area contributed by atoms with Crippen LogP contribution in [0.2, 0.25) is 5.15 Å². The Labute approximate surface area is 122 Å². The van der Waals surface area contributed by atoms with Crippen LogP contribution in [0.3, 0.4) is 0 Å². The molecule has 1 N–H and O–H groups in total. The normalized spacial score (nSPS) is 10.6. The van der Waals surface area contributed by atoms with Crippen LogP contribution in [0, 0.1) is 12.8 Å². The predicted molar refractivity (Wildman–Crippen MR) is 75.5 cm³/mol. The standard InChI is InChI=1S/C13H16Cl2N2O2/c1-7(2)12(19)10-6-8(3)9(13(14)16-10)4-5-11(18)17-15/h6-7H,4-5H2,1-3H3,(H,17,18). The van der Waals surface area contributed by atoms with Gasteiger partial charge in [0.25, 0.3) is 0 Å². The minimum atomic E-state index is -0.278. The van der Waals surface area contributed by atoms with E-state index in [2.05, 4.69) is 4.98 Å². The lowest BCUT2D eigenvalue weighted by molar-refractivity contribution is -0.119. The number of carbonyl (C=O) groups excluding carboxylic acids is 2. The molecule has 1 rings (SSSR count). The first-order valence-electron chi connectivity index (χ1n) is 5.96. The van der Waals surface area contributed by atoms with Gasteiger partial charge < -0.3 is 0 Å². The van der Waals surface area contributed by atoms with Gasteiger partial charge in [0.05, 0.1) is 0 Å². The molecule has 104 valence electrons. The number of ketones is 1. The number of rotatable bonds is 5. The number of Topliss-reactive ketones (excluding diaryl/α,β-unsaturated/α-hetero) is 1. The quantitative estimate of drug-likeness (QED) is 0.516. The van der Waals surface area contributed by atoms with E-state index in [-0.39, 0.29) is 29.2 Å². The van der Waals surface area contributed by atoms with Crippen LogP contribution >= 0.6 is 23.4 Å². The number of hydrogen-bond donors (Lipinski definition) is 1. The molecule has 0 atom stereocenters. The molecule has 0 fully saturated rings. The molecule has 1 heterocycles. The van der Waals surface area contributed by atoms with Crippen LogP contribution in [-0.2, 0) is 11.2 Å². The van der Waals surface area contributed by atoms with E-state index in [0.717, 1.165) is 11.1 Å². The highest BCUT2D eigenvalue weighted by Gasteiger charge is 2.16. The first-order valence-corrected chi connectivity index (χ1v) is 6.72. The Morgan fingerprint density at radius 2 is 2.05 bits per heavy atom. The third-order valence-corrected chi connectivity index (χ3v) is 3.30. The molecule has 19 heavy (non-hydrogen) atoms. The summed E-state index contributed by atoms with van der Waals surface area (Å²) < 4.78 is 0. The molecule has 1 amide bonds. The highest BCUT2D eigenvalue weighted by atomic mass is 35.5. The van der Waals surface area contributed by atoms with Crippen LogP contribution in [0.25, 0.3) is 0 Å². The summed E-state index contributed by atoms with van der Waals surface area (Å²) in [4.78, 5) is 29.1. The molecule has 4 nitrogen and oxygen atoms in total. The number of aryl methyl sites for hydroxylation is 1. The molecule has 0 bridgehead atoms. The number of aromatic nitrogens is 1. The lowest BCUT2D eigenvalue weighted by atomic mass is 10.0. The summed E-state index contributed by atoms with van der Waals surface area (Å²) >= 11 is 11.3. The molecule has 6 heteroatoms. The lowest BCUT2D eigenvalue weighted by Gasteiger charge is -2.10. The van der Waals surface area contributed by atoms with Crippen LogP contribution in [0.1, 0.15) is 41.9 Å². The van der Waals surface area contributed by atoms with Crippen LogP contribution in [0.5, 0.6) is 0 Å². The van der Waals surface area contributed by atoms with E-state index >= 15 is 0 Å². The Morgan fingerprint density at radius 1 is 1.42 bits per heavy atom. The van der Waals surface area contributed by atoms with Gasteiger partial charge in [0, 0.05) is 24.1 Å². The highest BCUT2D eigenvalue weighted by Crippen LogP contribution is 2.22. The molecule has 0 aromatic carbocycles. The minimum Gasteiger partial charge on any atom is -0.292 e. The van der Waals surface area contributed by atoms with Crippen LogP contribution in [0.15, 0.2) is 6.07 Å². The van der Waals surface area contributed by atoms with Crippen molar-refractivity contribution >= 4 is 35.1 Å². The molecular formula is C13H16Cl2N2O2. The van der Waals surface area contributed by atoms with Gasteiger partial charge in [-0.1, -0.05) is 25.4 Å². The summed E-state index contributed by atoms with van der Waals surface area (Å²) in [6.07, 6.45) is 0.662. The van der Waals surface area contributed by atoms with Crippen molar-refractivity contribution < 1.29 is 9.59 Å². The SMILES string of the molecule is Cc1cc(C(=O)C(C)C)nc(Cl)c1CCC(=O)NCl. The van der Waals surface area contributed by atoms with Crippen molar-refractivity contribution in [2.75, 3.05) is 0 Å². The molecular weight excluding hydrogens is 287 g/mol. The van der Waals surface area contributed by atoms with E-state index < -0.39 is 0 Å². The molecule has 0 aliphatic heterocycles. The van der Waals surface area contributed by atoms with Crippen molar-refractivity contribution in [2.24, 2.45) is 5.92 Å². The first kappa shape index (κ1) is 15.9. The topological polar surface area (TPSA) is 59.1 Å². The number of pyridine rings is 1. The lowest BCUT2D eigenvalue weighted by Crippen LogP contribution is -2.14. The predicted octanol–water partition coefficient (Wildman–Crippen LogP) is 3.08. The summed E-state index contributed by atoms with van der Waals surface area (Å²) in [6.45, 7) is 5.47. The second-order valence-corrected chi connectivity index (χ2v) is 5.18. The van der Waals surface area contributed by atoms with Crippen molar-refractivity contribution in [1.29, 1.82) is 0 Å². The Kier molecular flexibility index (Phi) is 5.76. The maximum absolute atomic E-state index is 11.9. The Bertz CT molecular complexity index is 478. The van der Waals surface area contributed by atoms with Gasteiger partial charge in [-0.25, -0.2) is 4.98 Å². The zero-order chi connectivity index (χ0) is 14.6. The van der Waals surface area contributed by atoms with Gasteiger partial charge in [0.2, 0.25) is 5.91 Å². The number of carbonyl (C=O) groups is 2. The average molecular weight is 303 g/mol. The number of amides is 1. The number of nitrogens with one attached hydrogen (secondary N) is 1. The summed E-state index contributed by atoms with van der Waals surface area (Å²) in [5.74, 6) is -0.453. The van der Waals surface area contributed by atoms with E-state index in [1.165, 1.54) is 0 Å². The van der Waals surface area contributed by atoms with E-state index in [4.69, 9.17) is 23.4 Å². The number of nitrogens with zero attached hydrogens (tertiary/aromatic N) is 1. The van der Waals surface area contributed by atoms with E-state index in [0.29, 0.717) is 12.1 Å². The largest absolute Gasteiger partial charge is 0.292 e. The first-order chi connectivity index (χ1) is 8.86. The van der Waals surface area contributed by atoms with Gasteiger partial charge in [-0.2, -0.15) is 0 Å². The third kappa shape index (κ3) is 4.18. The molecule has 0 unspecified atom stereocenters. The van der Waals surface area contributed by atoms with Crippen LogP contribution in [0.4, 0.5) is 0 Å². The summed E-state index contributed by atoms with van der Waals surface area (Å²) in [6, 6.07) is 1.71. The Morgan fingerprint density at radius 3 is 2.53 bits per heavy atom. The van der Waals surface area contributed by atoms with Crippen LogP contribution < -0.4 is 4.84 Å². The molecule has 0 aliphatic carbocycles. The molecule has 0 saturated heterocycles. The van der Waals surface area contributed by atoms with Gasteiger partial charge in [-0.15, -0.1) is 0 Å². The molecule has 1 aromatic heterocycles. The average Bonchev–Trinajstić information content (AvgIpc) is 2.35. The zero-order valence-electron chi connectivity index (χ0n) is 11.1. The van der Waals surface area contributed by atoms with Crippen molar-refractivity contribution in [3.05, 3.63) is 28.0 Å². The fourth-order valence-electron chi connectivity index (χ4n) is 1.67. The van der Waals surface area contributed by atoms with Gasteiger partial charge >= 0.3 is 0 Å². The van der Waals surface area contributed by atoms with E-state index in [1.54, 1.807) is 6.07 Å². The fourth-order valence-corrected chi connectivity index (χ4v) is 2.10. The van der Waals surface area contributed by atoms with Crippen LogP contribution in [-0.4, -0.2) is 16.7 Å². The number of hydrogen-bond acceptors (Lipinski definition) is 3. The Balaban J connectivity index is 2.98. The summed E-state index contributed by atoms with van der Waals surface area (Å²) in [5.41, 5.74) is 1.98. The molecule has 1 aromatic rings. The maximum Gasteiger partial charge on any atom is 0.234 e. The van der Waals surface area contributed by atoms with Crippen molar-refractivity contribution in [3.63, 3.8) is 0 Å². The maximum atomic E-state index is 11.9. The fraction of sp³-hybridized carbons (Fsp3) is 0.462. The second kappa shape index (κ2) is 6.87. The van der Waals surface area contributed by atoms with Gasteiger partial charge in [0.1, 0.15) is 10.8 Å². The van der Waals surface area contributed by atoms with Gasteiger partial charge in [-0.05, 0) is 30.5 Å².